The van der Waals surface area contributed by atoms with Crippen LogP contribution in [0.1, 0.15) is 23.0 Å². The normalized spacial score (nSPS) is 12.4. The van der Waals surface area contributed by atoms with Gasteiger partial charge in [0.05, 0.1) is 6.10 Å². The second-order valence-corrected chi connectivity index (χ2v) is 4.52. The molecule has 17 heavy (non-hydrogen) atoms. The number of thioether (sulfide) groups is 1. The molecule has 0 saturated carbocycles. The molecule has 1 atom stereocenters. The molecule has 1 aromatic rings. The molecule has 0 radical (unpaired) electrons. The van der Waals surface area contributed by atoms with Crippen molar-refractivity contribution in [1.82, 2.24) is 9.97 Å². The Bertz CT molecular complexity index is 472. The molecule has 94 valence electrons. The third-order valence-electron chi connectivity index (χ3n) is 2.16. The Morgan fingerprint density at radius 1 is 1.65 bits per heavy atom. The number of rotatable bonds is 5. The van der Waals surface area contributed by atoms with Gasteiger partial charge < -0.3 is 14.8 Å². The Morgan fingerprint density at radius 2 is 2.29 bits per heavy atom. The lowest BCUT2D eigenvalue weighted by Gasteiger charge is -2.10. The van der Waals surface area contributed by atoms with Crippen molar-refractivity contribution in [3.8, 4) is 0 Å². The highest BCUT2D eigenvalue weighted by molar-refractivity contribution is 7.99. The topological polar surface area (TPSA) is 92.3 Å². The summed E-state index contributed by atoms with van der Waals surface area (Å²) in [6, 6.07) is 0. The van der Waals surface area contributed by atoms with Crippen molar-refractivity contribution in [2.75, 3.05) is 12.9 Å². The number of carbonyl (C=O) groups is 1. The number of carboxylic acid groups (broad SMARTS) is 1. The minimum absolute atomic E-state index is 0.0389. The number of nitrogens with zero attached hydrogens (tertiary/aromatic N) is 1. The van der Waals surface area contributed by atoms with E-state index in [-0.39, 0.29) is 16.7 Å². The largest absolute Gasteiger partial charge is 0.478 e. The molecular weight excluding hydrogens is 244 g/mol. The number of nitrogens with one attached hydrogen (secondary N) is 1. The van der Waals surface area contributed by atoms with E-state index in [0.717, 1.165) is 0 Å². The Hall–Kier alpha value is -1.34. The zero-order chi connectivity index (χ0) is 13.0. The van der Waals surface area contributed by atoms with Crippen LogP contribution in [0.5, 0.6) is 0 Å². The first-order valence-corrected chi connectivity index (χ1v) is 5.94. The summed E-state index contributed by atoms with van der Waals surface area (Å²) in [4.78, 5) is 28.3. The summed E-state index contributed by atoms with van der Waals surface area (Å²) in [7, 11) is 1.57. The lowest BCUT2D eigenvalue weighted by Crippen LogP contribution is -2.19. The van der Waals surface area contributed by atoms with Gasteiger partial charge in [-0.25, -0.2) is 9.59 Å². The molecule has 0 aliphatic heterocycles. The molecule has 0 fully saturated rings. The van der Waals surface area contributed by atoms with Crippen LogP contribution in [0.3, 0.4) is 0 Å². The fraction of sp³-hybridized carbons (Fsp3) is 0.500. The summed E-state index contributed by atoms with van der Waals surface area (Å²) in [5, 5.41) is 9.28. The number of H-pyrrole nitrogens is 1. The van der Waals surface area contributed by atoms with Gasteiger partial charge in [0.2, 0.25) is 0 Å². The van der Waals surface area contributed by atoms with Gasteiger partial charge in [0.25, 0.3) is 0 Å². The predicted octanol–water partition coefficient (Wildman–Crippen LogP) is 0.904. The SMILES string of the molecule is COC(C)CSc1nc(=O)[nH]c(C)c1C(=O)O. The number of hydrogen-bond donors (Lipinski definition) is 2. The Morgan fingerprint density at radius 3 is 2.82 bits per heavy atom. The number of aromatic nitrogens is 2. The Kier molecular flexibility index (Phi) is 4.71. The van der Waals surface area contributed by atoms with E-state index in [0.29, 0.717) is 11.4 Å². The van der Waals surface area contributed by atoms with Crippen LogP contribution in [0, 0.1) is 6.92 Å². The number of aromatic amines is 1. The van der Waals surface area contributed by atoms with E-state index in [1.54, 1.807) is 7.11 Å². The van der Waals surface area contributed by atoms with Gasteiger partial charge in [0.15, 0.2) is 0 Å². The van der Waals surface area contributed by atoms with Gasteiger partial charge in [0.1, 0.15) is 10.6 Å². The lowest BCUT2D eigenvalue weighted by molar-refractivity contribution is 0.0690. The first kappa shape index (κ1) is 13.7. The molecule has 0 saturated heterocycles. The van der Waals surface area contributed by atoms with Crippen molar-refractivity contribution in [2.45, 2.75) is 25.0 Å². The zero-order valence-corrected chi connectivity index (χ0v) is 10.6. The van der Waals surface area contributed by atoms with Crippen LogP contribution in [-0.2, 0) is 4.74 Å². The summed E-state index contributed by atoms with van der Waals surface area (Å²) >= 11 is 1.20. The molecule has 1 rings (SSSR count). The lowest BCUT2D eigenvalue weighted by atomic mass is 10.2. The van der Waals surface area contributed by atoms with Gasteiger partial charge >= 0.3 is 11.7 Å². The van der Waals surface area contributed by atoms with Crippen molar-refractivity contribution >= 4 is 17.7 Å². The van der Waals surface area contributed by atoms with Gasteiger partial charge in [-0.2, -0.15) is 4.98 Å². The minimum Gasteiger partial charge on any atom is -0.478 e. The number of methoxy groups -OCH3 is 1. The predicted molar refractivity (Wildman–Crippen MR) is 63.7 cm³/mol. The van der Waals surface area contributed by atoms with Crippen molar-refractivity contribution in [3.05, 3.63) is 21.7 Å². The molecule has 0 spiro atoms. The maximum atomic E-state index is 11.2. The molecule has 0 aliphatic rings. The van der Waals surface area contributed by atoms with Crippen LogP contribution in [0.25, 0.3) is 0 Å². The molecule has 2 N–H and O–H groups in total. The van der Waals surface area contributed by atoms with Gasteiger partial charge in [-0.15, -0.1) is 11.8 Å². The fourth-order valence-electron chi connectivity index (χ4n) is 1.18. The first-order valence-electron chi connectivity index (χ1n) is 4.95. The summed E-state index contributed by atoms with van der Waals surface area (Å²) in [6.45, 7) is 3.39. The van der Waals surface area contributed by atoms with Crippen molar-refractivity contribution < 1.29 is 14.6 Å². The molecule has 0 aromatic carbocycles. The van der Waals surface area contributed by atoms with Gasteiger partial charge in [-0.3, -0.25) is 0 Å². The molecule has 1 aromatic heterocycles. The number of aromatic carboxylic acids is 1. The molecule has 1 heterocycles. The van der Waals surface area contributed by atoms with E-state index in [1.807, 2.05) is 6.92 Å². The molecule has 0 amide bonds. The number of ether oxygens (including phenoxy) is 1. The van der Waals surface area contributed by atoms with Crippen LogP contribution in [0.4, 0.5) is 0 Å². The molecule has 1 unspecified atom stereocenters. The number of carboxylic acids is 1. The van der Waals surface area contributed by atoms with Crippen LogP contribution in [0.15, 0.2) is 9.82 Å². The monoisotopic (exact) mass is 258 g/mol. The maximum absolute atomic E-state index is 11.2. The smallest absolute Gasteiger partial charge is 0.346 e. The summed E-state index contributed by atoms with van der Waals surface area (Å²) < 4.78 is 5.05. The van der Waals surface area contributed by atoms with Gasteiger partial charge in [0, 0.05) is 18.6 Å². The number of aryl methyl sites for hydroxylation is 1. The second-order valence-electron chi connectivity index (χ2n) is 3.51. The van der Waals surface area contributed by atoms with Crippen molar-refractivity contribution in [3.63, 3.8) is 0 Å². The Labute approximate surface area is 102 Å². The van der Waals surface area contributed by atoms with E-state index in [1.165, 1.54) is 18.7 Å². The summed E-state index contributed by atoms with van der Waals surface area (Å²) in [6.07, 6.45) is -0.0389. The van der Waals surface area contributed by atoms with Crippen molar-refractivity contribution in [1.29, 1.82) is 0 Å². The molecule has 0 aliphatic carbocycles. The van der Waals surface area contributed by atoms with E-state index in [9.17, 15) is 9.59 Å². The maximum Gasteiger partial charge on any atom is 0.346 e. The third-order valence-corrected chi connectivity index (χ3v) is 3.36. The fourth-order valence-corrected chi connectivity index (χ4v) is 2.24. The van der Waals surface area contributed by atoms with E-state index >= 15 is 0 Å². The van der Waals surface area contributed by atoms with Crippen LogP contribution in [-0.4, -0.2) is 40.0 Å². The standard InChI is InChI=1S/C10H14N2O4S/c1-5(16-3)4-17-8-7(9(13)14)6(2)11-10(15)12-8/h5H,4H2,1-3H3,(H,13,14)(H,11,12,15). The first-order chi connectivity index (χ1) is 7.95. The summed E-state index contributed by atoms with van der Waals surface area (Å²) in [5.74, 6) is -0.564. The van der Waals surface area contributed by atoms with E-state index in [4.69, 9.17) is 9.84 Å². The van der Waals surface area contributed by atoms with Crippen LogP contribution >= 0.6 is 11.8 Å². The zero-order valence-electron chi connectivity index (χ0n) is 9.81. The third kappa shape index (κ3) is 3.57. The summed E-state index contributed by atoms with van der Waals surface area (Å²) in [5.41, 5.74) is -0.192. The average molecular weight is 258 g/mol. The highest BCUT2D eigenvalue weighted by Gasteiger charge is 2.17. The minimum atomic E-state index is -1.10. The number of hydrogen-bond acceptors (Lipinski definition) is 5. The van der Waals surface area contributed by atoms with E-state index < -0.39 is 11.7 Å². The van der Waals surface area contributed by atoms with E-state index in [2.05, 4.69) is 9.97 Å². The van der Waals surface area contributed by atoms with Crippen LogP contribution < -0.4 is 5.69 Å². The molecule has 0 bridgehead atoms. The van der Waals surface area contributed by atoms with Gasteiger partial charge in [-0.05, 0) is 13.8 Å². The second kappa shape index (κ2) is 5.83. The molecule has 6 nitrogen and oxygen atoms in total. The average Bonchev–Trinajstić information content (AvgIpc) is 2.24. The molecule has 7 heteroatoms. The quantitative estimate of drug-likeness (QED) is 0.602. The molecular formula is C10H14N2O4S. The van der Waals surface area contributed by atoms with Crippen molar-refractivity contribution in [2.24, 2.45) is 0 Å². The highest BCUT2D eigenvalue weighted by Crippen LogP contribution is 2.21. The highest BCUT2D eigenvalue weighted by atomic mass is 32.2. The Balaban J connectivity index is 3.04. The van der Waals surface area contributed by atoms with Crippen LogP contribution in [0.2, 0.25) is 0 Å². The van der Waals surface area contributed by atoms with Gasteiger partial charge in [-0.1, -0.05) is 0 Å².